The molecular weight excluding hydrogens is 238 g/mol. The second kappa shape index (κ2) is 4.28. The van der Waals surface area contributed by atoms with Crippen molar-refractivity contribution in [1.29, 1.82) is 0 Å². The van der Waals surface area contributed by atoms with Crippen LogP contribution in [0.5, 0.6) is 0 Å². The minimum Gasteiger partial charge on any atom is -0.396 e. The van der Waals surface area contributed by atoms with E-state index in [1.54, 1.807) is 6.07 Å². The lowest BCUT2D eigenvalue weighted by Gasteiger charge is -2.21. The summed E-state index contributed by atoms with van der Waals surface area (Å²) in [6, 6.07) is 5.04. The van der Waals surface area contributed by atoms with Gasteiger partial charge in [-0.2, -0.15) is 0 Å². The first-order valence-electron chi connectivity index (χ1n) is 5.34. The van der Waals surface area contributed by atoms with Crippen LogP contribution in [0.3, 0.4) is 0 Å². The van der Waals surface area contributed by atoms with Crippen molar-refractivity contribution in [1.82, 2.24) is 4.98 Å². The molecule has 1 heterocycles. The second-order valence-electron chi connectivity index (χ2n) is 4.84. The Kier molecular flexibility index (Phi) is 3.11. The van der Waals surface area contributed by atoms with E-state index in [1.807, 2.05) is 6.07 Å². The lowest BCUT2D eigenvalue weighted by molar-refractivity contribution is 0.273. The summed E-state index contributed by atoms with van der Waals surface area (Å²) in [7, 11) is 2.24. The highest BCUT2D eigenvalue weighted by molar-refractivity contribution is 7.09. The Bertz CT molecular complexity index is 512. The van der Waals surface area contributed by atoms with Crippen molar-refractivity contribution in [3.63, 3.8) is 0 Å². The molecule has 2 rings (SSSR count). The van der Waals surface area contributed by atoms with E-state index in [1.165, 1.54) is 6.07 Å². The molecule has 0 saturated carbocycles. The number of nitrogens with one attached hydrogen (secondary N) is 1. The van der Waals surface area contributed by atoms with Crippen molar-refractivity contribution in [2.24, 2.45) is 0 Å². The van der Waals surface area contributed by atoms with Gasteiger partial charge in [-0.05, 0) is 12.1 Å². The number of nitrogens with two attached hydrogens (primary N) is 1. The summed E-state index contributed by atoms with van der Waals surface area (Å²) in [6.45, 7) is 4.67. The molecule has 1 unspecified atom stereocenters. The molecule has 1 atom stereocenters. The van der Waals surface area contributed by atoms with Crippen molar-refractivity contribution in [3.8, 4) is 0 Å². The third kappa shape index (κ3) is 2.28. The molecule has 2 aromatic rings. The molecule has 17 heavy (non-hydrogen) atoms. The van der Waals surface area contributed by atoms with Crippen molar-refractivity contribution in [2.75, 3.05) is 12.3 Å². The molecule has 0 bridgehead atoms. The number of nitrogen functional groups attached to an aromatic ring is 1. The van der Waals surface area contributed by atoms with E-state index in [9.17, 15) is 4.39 Å². The predicted molar refractivity (Wildman–Crippen MR) is 71.4 cm³/mol. The fraction of sp³-hybridized carbons (Fsp3) is 0.333. The topological polar surface area (TPSA) is 51.0 Å². The molecule has 0 aliphatic carbocycles. The van der Waals surface area contributed by atoms with Crippen LogP contribution in [0, 0.1) is 5.82 Å². The summed E-state index contributed by atoms with van der Waals surface area (Å²) in [6.07, 6.45) is 0. The van der Waals surface area contributed by atoms with Gasteiger partial charge in [0.15, 0.2) is 0 Å². The highest BCUT2D eigenvalue weighted by atomic mass is 31.0. The molecule has 0 fully saturated rings. The number of hydrogen-bond donors (Lipinski definition) is 2. The number of halogens is 1. The summed E-state index contributed by atoms with van der Waals surface area (Å²) >= 11 is 0. The summed E-state index contributed by atoms with van der Waals surface area (Å²) in [4.78, 5) is 3.20. The molecule has 3 N–H and O–H groups in total. The van der Waals surface area contributed by atoms with E-state index < -0.39 is 5.82 Å². The van der Waals surface area contributed by atoms with E-state index in [4.69, 9.17) is 10.3 Å². The van der Waals surface area contributed by atoms with Gasteiger partial charge in [-0.3, -0.25) is 0 Å². The third-order valence-electron chi connectivity index (χ3n) is 2.91. The maximum absolute atomic E-state index is 13.3. The zero-order valence-electron chi connectivity index (χ0n) is 9.88. The average molecular weight is 254 g/mol. The molecule has 1 aromatic heterocycles. The van der Waals surface area contributed by atoms with Gasteiger partial charge in [0.25, 0.3) is 0 Å². The van der Waals surface area contributed by atoms with Gasteiger partial charge in [-0.15, -0.1) is 0 Å². The Morgan fingerprint density at radius 1 is 1.41 bits per heavy atom. The van der Waals surface area contributed by atoms with Crippen LogP contribution in [0.2, 0.25) is 0 Å². The van der Waals surface area contributed by atoms with Crippen LogP contribution in [0.1, 0.15) is 19.5 Å². The Balaban J connectivity index is 2.51. The second-order valence-corrected chi connectivity index (χ2v) is 5.17. The number of hydrogen-bond acceptors (Lipinski definition) is 2. The monoisotopic (exact) mass is 254 g/mol. The first-order valence-corrected chi connectivity index (χ1v) is 5.81. The number of anilines is 1. The number of rotatable bonds is 3. The van der Waals surface area contributed by atoms with Crippen LogP contribution in [0.25, 0.3) is 10.9 Å². The molecule has 5 heteroatoms. The van der Waals surface area contributed by atoms with Gasteiger partial charge in [0.05, 0.1) is 12.3 Å². The normalized spacial score (nSPS) is 12.2. The molecule has 0 aliphatic rings. The van der Waals surface area contributed by atoms with Crippen molar-refractivity contribution in [2.45, 2.75) is 19.3 Å². The molecular formula is C12H16FN2OP. The standard InChI is InChI=1S/C12H16FN2OP/c1-12(2,6-16-17)11-4-7-3-9(14)8(13)5-10(7)15-11/h3-5,15H,6,14,17H2,1-2H3. The Morgan fingerprint density at radius 3 is 2.76 bits per heavy atom. The summed E-state index contributed by atoms with van der Waals surface area (Å²) in [5, 5.41) is 0.913. The predicted octanol–water partition coefficient (Wildman–Crippen LogP) is 2.97. The molecule has 1 aromatic carbocycles. The minimum absolute atomic E-state index is 0.161. The lowest BCUT2D eigenvalue weighted by Crippen LogP contribution is -2.22. The molecule has 0 spiro atoms. The highest BCUT2D eigenvalue weighted by Crippen LogP contribution is 2.29. The van der Waals surface area contributed by atoms with Crippen LogP contribution in [-0.4, -0.2) is 11.6 Å². The van der Waals surface area contributed by atoms with Crippen LogP contribution >= 0.6 is 9.47 Å². The van der Waals surface area contributed by atoms with Crippen LogP contribution in [0.15, 0.2) is 18.2 Å². The Morgan fingerprint density at radius 2 is 2.12 bits per heavy atom. The van der Waals surface area contributed by atoms with Crippen molar-refractivity contribution >= 4 is 26.1 Å². The van der Waals surface area contributed by atoms with Crippen molar-refractivity contribution in [3.05, 3.63) is 29.7 Å². The zero-order chi connectivity index (χ0) is 12.6. The molecule has 0 saturated heterocycles. The molecule has 3 nitrogen and oxygen atoms in total. The minimum atomic E-state index is -0.397. The summed E-state index contributed by atoms with van der Waals surface area (Å²) in [5.41, 5.74) is 7.31. The van der Waals surface area contributed by atoms with Crippen LogP contribution in [0.4, 0.5) is 10.1 Å². The van der Waals surface area contributed by atoms with E-state index in [2.05, 4.69) is 28.3 Å². The SMILES string of the molecule is CC(C)(COP)c1cc2cc(N)c(F)cc2[nH]1. The van der Waals surface area contributed by atoms with Crippen molar-refractivity contribution < 1.29 is 8.91 Å². The maximum atomic E-state index is 13.3. The summed E-state index contributed by atoms with van der Waals surface area (Å²) in [5.74, 6) is -0.397. The first-order chi connectivity index (χ1) is 7.94. The first kappa shape index (κ1) is 12.3. The Hall–Kier alpha value is -1.12. The van der Waals surface area contributed by atoms with Crippen LogP contribution in [-0.2, 0) is 9.94 Å². The number of H-pyrrole nitrogens is 1. The van der Waals surface area contributed by atoms with Gasteiger partial charge >= 0.3 is 0 Å². The molecule has 0 amide bonds. The highest BCUT2D eigenvalue weighted by Gasteiger charge is 2.22. The molecule has 0 radical (unpaired) electrons. The largest absolute Gasteiger partial charge is 0.396 e. The molecule has 92 valence electrons. The van der Waals surface area contributed by atoms with E-state index in [0.29, 0.717) is 6.61 Å². The number of aromatic nitrogens is 1. The van der Waals surface area contributed by atoms with Gasteiger partial charge in [0.2, 0.25) is 0 Å². The number of benzene rings is 1. The smallest absolute Gasteiger partial charge is 0.148 e. The van der Waals surface area contributed by atoms with E-state index in [0.717, 1.165) is 16.6 Å². The van der Waals surface area contributed by atoms with Gasteiger partial charge < -0.3 is 15.2 Å². The van der Waals surface area contributed by atoms with E-state index in [-0.39, 0.29) is 11.1 Å². The lowest BCUT2D eigenvalue weighted by atomic mass is 9.91. The van der Waals surface area contributed by atoms with Gasteiger partial charge in [0, 0.05) is 37.5 Å². The Labute approximate surface area is 102 Å². The van der Waals surface area contributed by atoms with E-state index >= 15 is 0 Å². The van der Waals surface area contributed by atoms with Gasteiger partial charge in [-0.1, -0.05) is 13.8 Å². The number of fused-ring (bicyclic) bond motifs is 1. The third-order valence-corrected chi connectivity index (χ3v) is 3.08. The maximum Gasteiger partial charge on any atom is 0.148 e. The fourth-order valence-corrected chi connectivity index (χ4v) is 2.24. The quantitative estimate of drug-likeness (QED) is 0.653. The fourth-order valence-electron chi connectivity index (χ4n) is 1.82. The van der Waals surface area contributed by atoms with Crippen LogP contribution < -0.4 is 5.73 Å². The number of aromatic amines is 1. The van der Waals surface area contributed by atoms with Gasteiger partial charge in [0.1, 0.15) is 5.82 Å². The molecule has 0 aliphatic heterocycles. The zero-order valence-corrected chi connectivity index (χ0v) is 11.0. The summed E-state index contributed by atoms with van der Waals surface area (Å²) < 4.78 is 18.4. The van der Waals surface area contributed by atoms with Gasteiger partial charge in [-0.25, -0.2) is 4.39 Å². The average Bonchev–Trinajstić information content (AvgIpc) is 2.62.